The topological polar surface area (TPSA) is 59.0 Å². The van der Waals surface area contributed by atoms with Gasteiger partial charge in [0.05, 0.1) is 24.9 Å². The third-order valence-electron chi connectivity index (χ3n) is 5.58. The van der Waals surface area contributed by atoms with Gasteiger partial charge in [0.2, 0.25) is 0 Å². The van der Waals surface area contributed by atoms with E-state index >= 15 is 0 Å². The van der Waals surface area contributed by atoms with Gasteiger partial charge in [-0.25, -0.2) is 0 Å². The Bertz CT molecular complexity index is 578. The minimum absolute atomic E-state index is 0.0501. The number of nitrogens with zero attached hydrogens (tertiary/aromatic N) is 1. The van der Waals surface area contributed by atoms with Crippen molar-refractivity contribution >= 4 is 5.91 Å². The van der Waals surface area contributed by atoms with Gasteiger partial charge in [0.1, 0.15) is 5.75 Å². The van der Waals surface area contributed by atoms with Gasteiger partial charge in [0.15, 0.2) is 0 Å². The molecule has 1 unspecified atom stereocenters. The predicted octanol–water partition coefficient (Wildman–Crippen LogP) is 2.62. The van der Waals surface area contributed by atoms with Crippen LogP contribution in [0.15, 0.2) is 24.3 Å². The Labute approximate surface area is 143 Å². The van der Waals surface area contributed by atoms with E-state index in [0.29, 0.717) is 38.1 Å². The van der Waals surface area contributed by atoms with Gasteiger partial charge in [-0.1, -0.05) is 6.92 Å². The smallest absolute Gasteiger partial charge is 0.253 e. The molecular formula is C19H27NO4. The number of likely N-dealkylation sites (tertiary alicyclic amines) is 1. The number of methoxy groups -OCH3 is 1. The Morgan fingerprint density at radius 3 is 2.50 bits per heavy atom. The number of rotatable bonds is 3. The van der Waals surface area contributed by atoms with E-state index < -0.39 is 5.60 Å². The van der Waals surface area contributed by atoms with E-state index in [-0.39, 0.29) is 11.5 Å². The van der Waals surface area contributed by atoms with Crippen molar-refractivity contribution in [1.82, 2.24) is 4.90 Å². The van der Waals surface area contributed by atoms with E-state index in [0.717, 1.165) is 25.0 Å². The van der Waals surface area contributed by atoms with Crippen LogP contribution in [-0.4, -0.2) is 53.9 Å². The number of aliphatic hydroxyl groups is 1. The van der Waals surface area contributed by atoms with Gasteiger partial charge in [-0.3, -0.25) is 4.79 Å². The molecule has 0 saturated carbocycles. The Kier molecular flexibility index (Phi) is 4.83. The maximum atomic E-state index is 12.6. The van der Waals surface area contributed by atoms with Crippen LogP contribution in [0.4, 0.5) is 0 Å². The number of ether oxygens (including phenoxy) is 2. The van der Waals surface area contributed by atoms with Gasteiger partial charge in [-0.2, -0.15) is 0 Å². The van der Waals surface area contributed by atoms with Gasteiger partial charge in [-0.15, -0.1) is 0 Å². The molecule has 5 nitrogen and oxygen atoms in total. The molecule has 2 saturated heterocycles. The van der Waals surface area contributed by atoms with Crippen LogP contribution in [0.3, 0.4) is 0 Å². The lowest BCUT2D eigenvalue weighted by molar-refractivity contribution is -0.176. The van der Waals surface area contributed by atoms with Crippen molar-refractivity contribution < 1.29 is 19.4 Å². The van der Waals surface area contributed by atoms with Gasteiger partial charge in [-0.05, 0) is 49.9 Å². The summed E-state index contributed by atoms with van der Waals surface area (Å²) in [4.78, 5) is 14.5. The van der Waals surface area contributed by atoms with E-state index in [9.17, 15) is 9.90 Å². The summed E-state index contributed by atoms with van der Waals surface area (Å²) in [6.45, 7) is 3.98. The van der Waals surface area contributed by atoms with Crippen LogP contribution in [0.25, 0.3) is 0 Å². The third kappa shape index (κ3) is 3.42. The highest BCUT2D eigenvalue weighted by molar-refractivity contribution is 5.94. The van der Waals surface area contributed by atoms with Crippen LogP contribution in [0.5, 0.6) is 5.75 Å². The molecule has 0 bridgehead atoms. The van der Waals surface area contributed by atoms with Crippen LogP contribution in [0.1, 0.15) is 49.4 Å². The molecule has 0 aromatic heterocycles. The fourth-order valence-corrected chi connectivity index (χ4v) is 3.85. The molecule has 1 atom stereocenters. The second-order valence-corrected chi connectivity index (χ2v) is 7.06. The zero-order valence-corrected chi connectivity index (χ0v) is 14.6. The molecule has 5 heteroatoms. The molecule has 1 spiro atoms. The summed E-state index contributed by atoms with van der Waals surface area (Å²) in [6, 6.07) is 7.23. The van der Waals surface area contributed by atoms with E-state index in [4.69, 9.17) is 9.47 Å². The maximum Gasteiger partial charge on any atom is 0.253 e. The van der Waals surface area contributed by atoms with Gasteiger partial charge in [0, 0.05) is 25.1 Å². The summed E-state index contributed by atoms with van der Waals surface area (Å²) in [6.07, 6.45) is 3.72. The summed E-state index contributed by atoms with van der Waals surface area (Å²) in [5.41, 5.74) is -0.193. The first kappa shape index (κ1) is 17.2. The molecule has 2 aliphatic heterocycles. The minimum atomic E-state index is -0.611. The van der Waals surface area contributed by atoms with E-state index in [1.165, 1.54) is 0 Å². The molecule has 3 rings (SSSR count). The number of carbonyl (C=O) groups is 1. The van der Waals surface area contributed by atoms with Crippen molar-refractivity contribution in [1.29, 1.82) is 0 Å². The molecule has 24 heavy (non-hydrogen) atoms. The van der Waals surface area contributed by atoms with Crippen LogP contribution >= 0.6 is 0 Å². The molecule has 2 aliphatic rings. The normalized spacial score (nSPS) is 26.4. The van der Waals surface area contributed by atoms with Crippen molar-refractivity contribution in [2.75, 3.05) is 26.8 Å². The summed E-state index contributed by atoms with van der Waals surface area (Å²) >= 11 is 0. The first-order valence-corrected chi connectivity index (χ1v) is 8.79. The molecular weight excluding hydrogens is 306 g/mol. The number of benzene rings is 1. The highest BCUT2D eigenvalue weighted by Gasteiger charge is 2.46. The standard InChI is InChI=1S/C19H27NO4/c1-3-18(22)10-13-24-19(14-18)8-11-20(12-9-19)17(21)15-4-6-16(23-2)7-5-15/h4-7,22H,3,8-14H2,1-2H3. The van der Waals surface area contributed by atoms with E-state index in [1.54, 1.807) is 19.2 Å². The number of hydrogen-bond acceptors (Lipinski definition) is 4. The molecule has 0 aliphatic carbocycles. The lowest BCUT2D eigenvalue weighted by atomic mass is 9.76. The molecule has 132 valence electrons. The van der Waals surface area contributed by atoms with E-state index in [2.05, 4.69) is 0 Å². The van der Waals surface area contributed by atoms with Crippen molar-refractivity contribution in [3.05, 3.63) is 29.8 Å². The Morgan fingerprint density at radius 2 is 1.92 bits per heavy atom. The zero-order valence-electron chi connectivity index (χ0n) is 14.6. The van der Waals surface area contributed by atoms with Crippen molar-refractivity contribution in [2.45, 2.75) is 50.2 Å². The summed E-state index contributed by atoms with van der Waals surface area (Å²) < 4.78 is 11.2. The highest BCUT2D eigenvalue weighted by Crippen LogP contribution is 2.41. The molecule has 1 amide bonds. The molecule has 1 aromatic carbocycles. The first-order chi connectivity index (χ1) is 11.5. The SMILES string of the molecule is CCC1(O)CCOC2(CCN(C(=O)c3ccc(OC)cc3)CC2)C1. The number of amides is 1. The largest absolute Gasteiger partial charge is 0.497 e. The molecule has 1 aromatic rings. The van der Waals surface area contributed by atoms with Crippen molar-refractivity contribution in [3.8, 4) is 5.75 Å². The quantitative estimate of drug-likeness (QED) is 0.924. The van der Waals surface area contributed by atoms with Gasteiger partial charge >= 0.3 is 0 Å². The summed E-state index contributed by atoms with van der Waals surface area (Å²) in [5, 5.41) is 10.6. The summed E-state index contributed by atoms with van der Waals surface area (Å²) in [7, 11) is 1.61. The number of hydrogen-bond donors (Lipinski definition) is 1. The minimum Gasteiger partial charge on any atom is -0.497 e. The van der Waals surface area contributed by atoms with Crippen LogP contribution in [-0.2, 0) is 4.74 Å². The second-order valence-electron chi connectivity index (χ2n) is 7.06. The number of piperidine rings is 1. The van der Waals surface area contributed by atoms with Gasteiger partial charge < -0.3 is 19.5 Å². The predicted molar refractivity (Wildman–Crippen MR) is 91.3 cm³/mol. The van der Waals surface area contributed by atoms with Crippen molar-refractivity contribution in [2.24, 2.45) is 0 Å². The van der Waals surface area contributed by atoms with Crippen LogP contribution < -0.4 is 4.74 Å². The lowest BCUT2D eigenvalue weighted by Crippen LogP contribution is -2.55. The van der Waals surface area contributed by atoms with Gasteiger partial charge in [0.25, 0.3) is 5.91 Å². The summed E-state index contributed by atoms with van der Waals surface area (Å²) in [5.74, 6) is 0.799. The van der Waals surface area contributed by atoms with Crippen molar-refractivity contribution in [3.63, 3.8) is 0 Å². The molecule has 1 N–H and O–H groups in total. The number of carbonyl (C=O) groups excluding carboxylic acids is 1. The first-order valence-electron chi connectivity index (χ1n) is 8.79. The fraction of sp³-hybridized carbons (Fsp3) is 0.632. The Hall–Kier alpha value is -1.59. The van der Waals surface area contributed by atoms with Crippen LogP contribution in [0.2, 0.25) is 0 Å². The monoisotopic (exact) mass is 333 g/mol. The van der Waals surface area contributed by atoms with E-state index in [1.807, 2.05) is 24.0 Å². The zero-order chi connectivity index (χ0) is 17.2. The molecule has 2 fully saturated rings. The highest BCUT2D eigenvalue weighted by atomic mass is 16.5. The molecule has 0 radical (unpaired) electrons. The fourth-order valence-electron chi connectivity index (χ4n) is 3.85. The maximum absolute atomic E-state index is 12.6. The average Bonchev–Trinajstić information content (AvgIpc) is 2.62. The molecule has 2 heterocycles. The third-order valence-corrected chi connectivity index (χ3v) is 5.58. The Morgan fingerprint density at radius 1 is 1.25 bits per heavy atom. The second kappa shape index (κ2) is 6.73. The Balaban J connectivity index is 1.63. The van der Waals surface area contributed by atoms with Crippen LogP contribution in [0, 0.1) is 0 Å². The lowest BCUT2D eigenvalue weighted by Gasteiger charge is -2.49. The average molecular weight is 333 g/mol.